The van der Waals surface area contributed by atoms with Gasteiger partial charge in [-0.25, -0.2) is 13.1 Å². The van der Waals surface area contributed by atoms with E-state index >= 15 is 0 Å². The molecule has 0 bridgehead atoms. The molecular formula is C10H21ClN2O3S. The Labute approximate surface area is 109 Å². The van der Waals surface area contributed by atoms with Crippen molar-refractivity contribution in [3.05, 3.63) is 0 Å². The maximum absolute atomic E-state index is 11.9. The highest BCUT2D eigenvalue weighted by Gasteiger charge is 2.28. The van der Waals surface area contributed by atoms with E-state index in [4.69, 9.17) is 4.74 Å². The van der Waals surface area contributed by atoms with Crippen LogP contribution in [0.3, 0.4) is 0 Å². The van der Waals surface area contributed by atoms with E-state index in [1.165, 1.54) is 0 Å². The molecule has 7 heteroatoms. The molecule has 102 valence electrons. The molecule has 2 heterocycles. The van der Waals surface area contributed by atoms with Crippen LogP contribution in [0, 0.1) is 5.92 Å². The third-order valence-corrected chi connectivity index (χ3v) is 5.11. The Bertz CT molecular complexity index is 312. The molecule has 17 heavy (non-hydrogen) atoms. The standard InChI is InChI=1S/C10H20N2O3S.ClH/c13-16(14,10-2-1-5-15-8-10)12-7-9-3-4-11-6-9;/h9-12H,1-8H2;1H. The van der Waals surface area contributed by atoms with Gasteiger partial charge in [-0.3, -0.25) is 0 Å². The Morgan fingerprint density at radius 2 is 2.18 bits per heavy atom. The van der Waals surface area contributed by atoms with E-state index in [1.807, 2.05) is 0 Å². The van der Waals surface area contributed by atoms with Gasteiger partial charge in [-0.05, 0) is 38.3 Å². The van der Waals surface area contributed by atoms with Crippen molar-refractivity contribution in [3.63, 3.8) is 0 Å². The van der Waals surface area contributed by atoms with E-state index in [-0.39, 0.29) is 17.7 Å². The van der Waals surface area contributed by atoms with Gasteiger partial charge in [0.15, 0.2) is 0 Å². The molecule has 0 aromatic heterocycles. The molecule has 0 aromatic carbocycles. The normalized spacial score (nSPS) is 29.9. The molecule has 2 aliphatic rings. The average molecular weight is 285 g/mol. The van der Waals surface area contributed by atoms with Crippen molar-refractivity contribution < 1.29 is 13.2 Å². The van der Waals surface area contributed by atoms with Crippen LogP contribution >= 0.6 is 12.4 Å². The number of rotatable bonds is 4. The van der Waals surface area contributed by atoms with Gasteiger partial charge in [0.1, 0.15) is 0 Å². The molecule has 0 aromatic rings. The minimum absolute atomic E-state index is 0. The predicted molar refractivity (Wildman–Crippen MR) is 69.0 cm³/mol. The predicted octanol–water partition coefficient (Wildman–Crippen LogP) is 0.116. The summed E-state index contributed by atoms with van der Waals surface area (Å²) in [5.41, 5.74) is 0. The van der Waals surface area contributed by atoms with E-state index in [0.717, 1.165) is 32.4 Å². The summed E-state index contributed by atoms with van der Waals surface area (Å²) in [6.07, 6.45) is 2.62. The lowest BCUT2D eigenvalue weighted by Gasteiger charge is -2.23. The second-order valence-corrected chi connectivity index (χ2v) is 6.64. The van der Waals surface area contributed by atoms with Crippen LogP contribution in [0.25, 0.3) is 0 Å². The van der Waals surface area contributed by atoms with Crippen LogP contribution in [0.5, 0.6) is 0 Å². The molecule has 0 aliphatic carbocycles. The second kappa shape index (κ2) is 6.89. The lowest BCUT2D eigenvalue weighted by Crippen LogP contribution is -2.41. The number of nitrogens with one attached hydrogen (secondary N) is 2. The van der Waals surface area contributed by atoms with Gasteiger partial charge in [-0.15, -0.1) is 12.4 Å². The number of hydrogen-bond donors (Lipinski definition) is 2. The monoisotopic (exact) mass is 284 g/mol. The zero-order valence-corrected chi connectivity index (χ0v) is 11.5. The van der Waals surface area contributed by atoms with Crippen LogP contribution in [0.1, 0.15) is 19.3 Å². The highest BCUT2D eigenvalue weighted by atomic mass is 35.5. The van der Waals surface area contributed by atoms with E-state index in [9.17, 15) is 8.42 Å². The van der Waals surface area contributed by atoms with Gasteiger partial charge in [0.05, 0.1) is 11.9 Å². The average Bonchev–Trinajstić information content (AvgIpc) is 2.81. The fourth-order valence-corrected chi connectivity index (χ4v) is 3.65. The van der Waals surface area contributed by atoms with Crippen LogP contribution < -0.4 is 10.0 Å². The number of halogens is 1. The van der Waals surface area contributed by atoms with Crippen molar-refractivity contribution in [1.82, 2.24) is 10.0 Å². The molecule has 2 rings (SSSR count). The highest BCUT2D eigenvalue weighted by molar-refractivity contribution is 7.90. The minimum Gasteiger partial charge on any atom is -0.380 e. The molecule has 5 nitrogen and oxygen atoms in total. The SMILES string of the molecule is Cl.O=S(=O)(NCC1CCNC1)C1CCCOC1. The molecule has 2 atom stereocenters. The van der Waals surface area contributed by atoms with Crippen LogP contribution in [-0.2, 0) is 14.8 Å². The van der Waals surface area contributed by atoms with Crippen LogP contribution in [0.15, 0.2) is 0 Å². The second-order valence-electron chi connectivity index (χ2n) is 4.59. The largest absolute Gasteiger partial charge is 0.380 e. The van der Waals surface area contributed by atoms with Crippen molar-refractivity contribution in [1.29, 1.82) is 0 Å². The quantitative estimate of drug-likeness (QED) is 0.769. The first-order valence-electron chi connectivity index (χ1n) is 5.95. The molecule has 0 saturated carbocycles. The number of hydrogen-bond acceptors (Lipinski definition) is 4. The Balaban J connectivity index is 0.00000144. The Hall–Kier alpha value is 0.120. The third kappa shape index (κ3) is 4.37. The first-order chi connectivity index (χ1) is 7.68. The third-order valence-electron chi connectivity index (χ3n) is 3.29. The van der Waals surface area contributed by atoms with E-state index in [2.05, 4.69) is 10.0 Å². The maximum atomic E-state index is 11.9. The molecule has 0 amide bonds. The van der Waals surface area contributed by atoms with Crippen molar-refractivity contribution in [2.24, 2.45) is 5.92 Å². The summed E-state index contributed by atoms with van der Waals surface area (Å²) in [5, 5.41) is 2.88. The van der Waals surface area contributed by atoms with Gasteiger partial charge < -0.3 is 10.1 Å². The van der Waals surface area contributed by atoms with Gasteiger partial charge in [0.25, 0.3) is 0 Å². The topological polar surface area (TPSA) is 67.4 Å². The van der Waals surface area contributed by atoms with Crippen molar-refractivity contribution in [2.45, 2.75) is 24.5 Å². The Morgan fingerprint density at radius 1 is 1.35 bits per heavy atom. The van der Waals surface area contributed by atoms with Crippen molar-refractivity contribution in [3.8, 4) is 0 Å². The van der Waals surface area contributed by atoms with E-state index in [0.29, 0.717) is 25.7 Å². The lowest BCUT2D eigenvalue weighted by atomic mass is 10.1. The molecule has 2 fully saturated rings. The minimum atomic E-state index is -3.17. The summed E-state index contributed by atoms with van der Waals surface area (Å²) in [6.45, 7) is 3.52. The van der Waals surface area contributed by atoms with Gasteiger partial charge in [0.2, 0.25) is 10.0 Å². The summed E-state index contributed by atoms with van der Waals surface area (Å²) >= 11 is 0. The Morgan fingerprint density at radius 3 is 2.76 bits per heavy atom. The summed E-state index contributed by atoms with van der Waals surface area (Å²) in [7, 11) is -3.17. The number of ether oxygens (including phenoxy) is 1. The zero-order valence-electron chi connectivity index (χ0n) is 9.85. The lowest BCUT2D eigenvalue weighted by molar-refractivity contribution is 0.0988. The van der Waals surface area contributed by atoms with Crippen LogP contribution in [0.4, 0.5) is 0 Å². The summed E-state index contributed by atoms with van der Waals surface area (Å²) < 4.78 is 31.8. The van der Waals surface area contributed by atoms with E-state index < -0.39 is 10.0 Å². The fourth-order valence-electron chi connectivity index (χ4n) is 2.20. The van der Waals surface area contributed by atoms with Crippen LogP contribution in [0.2, 0.25) is 0 Å². The van der Waals surface area contributed by atoms with Gasteiger partial charge in [0, 0.05) is 13.2 Å². The molecular weight excluding hydrogens is 264 g/mol. The van der Waals surface area contributed by atoms with Gasteiger partial charge in [-0.2, -0.15) is 0 Å². The highest BCUT2D eigenvalue weighted by Crippen LogP contribution is 2.14. The van der Waals surface area contributed by atoms with Crippen molar-refractivity contribution in [2.75, 3.05) is 32.8 Å². The van der Waals surface area contributed by atoms with Gasteiger partial charge in [-0.1, -0.05) is 0 Å². The van der Waals surface area contributed by atoms with E-state index in [1.54, 1.807) is 0 Å². The Kier molecular flexibility index (Phi) is 6.16. The number of sulfonamides is 1. The molecule has 2 unspecified atom stereocenters. The molecule has 2 aliphatic heterocycles. The molecule has 2 N–H and O–H groups in total. The van der Waals surface area contributed by atoms with Gasteiger partial charge >= 0.3 is 0 Å². The first-order valence-corrected chi connectivity index (χ1v) is 7.50. The first kappa shape index (κ1) is 15.2. The molecule has 0 radical (unpaired) electrons. The maximum Gasteiger partial charge on any atom is 0.216 e. The summed E-state index contributed by atoms with van der Waals surface area (Å²) in [4.78, 5) is 0. The smallest absolute Gasteiger partial charge is 0.216 e. The molecule has 0 spiro atoms. The zero-order chi connectivity index (χ0) is 11.4. The summed E-state index contributed by atoms with van der Waals surface area (Å²) in [5.74, 6) is 0.444. The van der Waals surface area contributed by atoms with Crippen molar-refractivity contribution >= 4 is 22.4 Å². The summed E-state index contributed by atoms with van der Waals surface area (Å²) in [6, 6.07) is 0. The molecule has 2 saturated heterocycles. The fraction of sp³-hybridized carbons (Fsp3) is 1.00. The van der Waals surface area contributed by atoms with Crippen LogP contribution in [-0.4, -0.2) is 46.5 Å².